The Bertz CT molecular complexity index is 112. The monoisotopic (exact) mass is 143 g/mol. The van der Waals surface area contributed by atoms with E-state index in [1.807, 2.05) is 6.92 Å². The minimum Gasteiger partial charge on any atom is -0.449 e. The van der Waals surface area contributed by atoms with Crippen molar-refractivity contribution in [3.8, 4) is 0 Å². The van der Waals surface area contributed by atoms with Gasteiger partial charge in [-0.3, -0.25) is 0 Å². The van der Waals surface area contributed by atoms with Crippen LogP contribution < -0.4 is 5.32 Å². The van der Waals surface area contributed by atoms with Crippen LogP contribution in [-0.4, -0.2) is 19.2 Å². The van der Waals surface area contributed by atoms with Crippen LogP contribution in [0, 0.1) is 0 Å². The fraction of sp³-hybridized carbons (Fsp3) is 0.571. The van der Waals surface area contributed by atoms with Crippen LogP contribution in [0.3, 0.4) is 0 Å². The van der Waals surface area contributed by atoms with E-state index in [1.165, 1.54) is 0 Å². The Kier molecular flexibility index (Phi) is 5.53. The first-order chi connectivity index (χ1) is 4.81. The molecule has 0 aromatic carbocycles. The number of amides is 1. The van der Waals surface area contributed by atoms with Crippen LogP contribution in [0.15, 0.2) is 12.7 Å². The Morgan fingerprint density at radius 3 is 3.00 bits per heavy atom. The van der Waals surface area contributed by atoms with E-state index in [-0.39, 0.29) is 6.09 Å². The first-order valence-electron chi connectivity index (χ1n) is 3.32. The summed E-state index contributed by atoms with van der Waals surface area (Å²) >= 11 is 0. The average Bonchev–Trinajstić information content (AvgIpc) is 1.89. The molecule has 0 spiro atoms. The summed E-state index contributed by atoms with van der Waals surface area (Å²) in [5, 5.41) is 2.51. The van der Waals surface area contributed by atoms with Crippen LogP contribution in [0.1, 0.15) is 13.3 Å². The van der Waals surface area contributed by atoms with Gasteiger partial charge >= 0.3 is 6.09 Å². The van der Waals surface area contributed by atoms with E-state index in [9.17, 15) is 4.79 Å². The lowest BCUT2D eigenvalue weighted by Gasteiger charge is -2.01. The van der Waals surface area contributed by atoms with Gasteiger partial charge in [-0.15, -0.1) is 6.58 Å². The number of hydrogen-bond donors (Lipinski definition) is 1. The second-order valence-corrected chi connectivity index (χ2v) is 1.74. The zero-order valence-corrected chi connectivity index (χ0v) is 6.22. The first kappa shape index (κ1) is 9.01. The van der Waals surface area contributed by atoms with Crippen LogP contribution >= 0.6 is 0 Å². The second-order valence-electron chi connectivity index (χ2n) is 1.74. The maximum Gasteiger partial charge on any atom is 0.407 e. The van der Waals surface area contributed by atoms with Gasteiger partial charge in [0.25, 0.3) is 0 Å². The number of alkyl carbamates (subject to hydrolysis) is 1. The van der Waals surface area contributed by atoms with E-state index < -0.39 is 0 Å². The molecule has 0 saturated carbocycles. The van der Waals surface area contributed by atoms with Gasteiger partial charge in [0.2, 0.25) is 0 Å². The highest BCUT2D eigenvalue weighted by Crippen LogP contribution is 1.83. The molecular weight excluding hydrogens is 130 g/mol. The molecular formula is C7H13NO2. The Hall–Kier alpha value is -0.990. The molecule has 3 heteroatoms. The van der Waals surface area contributed by atoms with Crippen molar-refractivity contribution in [3.63, 3.8) is 0 Å². The number of carbonyl (C=O) groups is 1. The topological polar surface area (TPSA) is 38.3 Å². The van der Waals surface area contributed by atoms with Crippen molar-refractivity contribution >= 4 is 6.09 Å². The SMILES string of the molecule is C=CCCOC(=O)NCC. The lowest BCUT2D eigenvalue weighted by molar-refractivity contribution is 0.149. The predicted octanol–water partition coefficient (Wildman–Crippen LogP) is 1.31. The van der Waals surface area contributed by atoms with Gasteiger partial charge in [-0.2, -0.15) is 0 Å². The second kappa shape index (κ2) is 6.13. The van der Waals surface area contributed by atoms with Crippen LogP contribution in [0.2, 0.25) is 0 Å². The van der Waals surface area contributed by atoms with E-state index >= 15 is 0 Å². The van der Waals surface area contributed by atoms with E-state index in [4.69, 9.17) is 4.74 Å². The van der Waals surface area contributed by atoms with E-state index in [2.05, 4.69) is 11.9 Å². The molecule has 0 fully saturated rings. The summed E-state index contributed by atoms with van der Waals surface area (Å²) in [5.74, 6) is 0. The molecule has 0 aliphatic carbocycles. The molecule has 0 rings (SSSR count). The van der Waals surface area contributed by atoms with Crippen molar-refractivity contribution in [2.45, 2.75) is 13.3 Å². The lowest BCUT2D eigenvalue weighted by Crippen LogP contribution is -2.23. The molecule has 0 aromatic heterocycles. The largest absolute Gasteiger partial charge is 0.449 e. The molecule has 1 N–H and O–H groups in total. The summed E-state index contributed by atoms with van der Waals surface area (Å²) in [6, 6.07) is 0. The van der Waals surface area contributed by atoms with Crippen molar-refractivity contribution in [3.05, 3.63) is 12.7 Å². The number of carbonyl (C=O) groups excluding carboxylic acids is 1. The van der Waals surface area contributed by atoms with Gasteiger partial charge < -0.3 is 10.1 Å². The van der Waals surface area contributed by atoms with Gasteiger partial charge in [0.1, 0.15) is 0 Å². The molecule has 0 unspecified atom stereocenters. The Morgan fingerprint density at radius 1 is 1.80 bits per heavy atom. The molecule has 0 bridgehead atoms. The van der Waals surface area contributed by atoms with Crippen molar-refractivity contribution in [2.75, 3.05) is 13.2 Å². The molecule has 58 valence electrons. The third-order valence-electron chi connectivity index (χ3n) is 0.876. The number of hydrogen-bond acceptors (Lipinski definition) is 2. The molecule has 0 aliphatic rings. The maximum absolute atomic E-state index is 10.6. The quantitative estimate of drug-likeness (QED) is 0.476. The summed E-state index contributed by atoms with van der Waals surface area (Å²) in [4.78, 5) is 10.6. The molecule has 0 heterocycles. The van der Waals surface area contributed by atoms with Crippen molar-refractivity contribution in [2.24, 2.45) is 0 Å². The van der Waals surface area contributed by atoms with Crippen molar-refractivity contribution in [1.29, 1.82) is 0 Å². The van der Waals surface area contributed by atoms with Gasteiger partial charge in [0, 0.05) is 6.54 Å². The fourth-order valence-corrected chi connectivity index (χ4v) is 0.430. The fourth-order valence-electron chi connectivity index (χ4n) is 0.430. The molecule has 0 aromatic rings. The van der Waals surface area contributed by atoms with E-state index in [0.29, 0.717) is 19.6 Å². The zero-order chi connectivity index (χ0) is 7.82. The Morgan fingerprint density at radius 2 is 2.50 bits per heavy atom. The van der Waals surface area contributed by atoms with Gasteiger partial charge in [0.15, 0.2) is 0 Å². The third-order valence-corrected chi connectivity index (χ3v) is 0.876. The average molecular weight is 143 g/mol. The molecule has 10 heavy (non-hydrogen) atoms. The molecule has 1 amide bonds. The summed E-state index contributed by atoms with van der Waals surface area (Å²) in [6.45, 7) is 6.35. The van der Waals surface area contributed by atoms with Crippen LogP contribution in [0.25, 0.3) is 0 Å². The Balaban J connectivity index is 3.13. The molecule has 0 radical (unpaired) electrons. The summed E-state index contributed by atoms with van der Waals surface area (Å²) < 4.78 is 4.70. The molecule has 0 saturated heterocycles. The summed E-state index contributed by atoms with van der Waals surface area (Å²) in [7, 11) is 0. The normalized spacial score (nSPS) is 8.50. The van der Waals surface area contributed by atoms with Gasteiger partial charge in [-0.25, -0.2) is 4.79 Å². The molecule has 3 nitrogen and oxygen atoms in total. The predicted molar refractivity (Wildman–Crippen MR) is 39.8 cm³/mol. The number of nitrogens with one attached hydrogen (secondary N) is 1. The lowest BCUT2D eigenvalue weighted by atomic mass is 10.5. The minimum absolute atomic E-state index is 0.357. The molecule has 0 aliphatic heterocycles. The molecule has 0 atom stereocenters. The summed E-state index contributed by atoms with van der Waals surface area (Å²) in [6.07, 6.45) is 2.06. The number of rotatable bonds is 4. The smallest absolute Gasteiger partial charge is 0.407 e. The van der Waals surface area contributed by atoms with Crippen LogP contribution in [0.4, 0.5) is 4.79 Å². The van der Waals surface area contributed by atoms with E-state index in [1.54, 1.807) is 6.08 Å². The highest BCUT2D eigenvalue weighted by molar-refractivity contribution is 5.66. The zero-order valence-electron chi connectivity index (χ0n) is 6.22. The van der Waals surface area contributed by atoms with Crippen molar-refractivity contribution in [1.82, 2.24) is 5.32 Å². The standard InChI is InChI=1S/C7H13NO2/c1-3-5-6-10-7(9)8-4-2/h3H,1,4-6H2,2H3,(H,8,9). The van der Waals surface area contributed by atoms with Crippen LogP contribution in [0.5, 0.6) is 0 Å². The maximum atomic E-state index is 10.6. The van der Waals surface area contributed by atoms with Gasteiger partial charge in [-0.1, -0.05) is 6.08 Å². The van der Waals surface area contributed by atoms with Crippen molar-refractivity contribution < 1.29 is 9.53 Å². The van der Waals surface area contributed by atoms with Gasteiger partial charge in [-0.05, 0) is 13.3 Å². The van der Waals surface area contributed by atoms with Crippen LogP contribution in [-0.2, 0) is 4.74 Å². The summed E-state index contributed by atoms with van der Waals surface area (Å²) in [5.41, 5.74) is 0. The van der Waals surface area contributed by atoms with Gasteiger partial charge in [0.05, 0.1) is 6.61 Å². The highest BCUT2D eigenvalue weighted by atomic mass is 16.5. The minimum atomic E-state index is -0.357. The Labute approximate surface area is 61.1 Å². The first-order valence-corrected chi connectivity index (χ1v) is 3.32. The third kappa shape index (κ3) is 5.15. The number of ether oxygens (including phenoxy) is 1. The van der Waals surface area contributed by atoms with E-state index in [0.717, 1.165) is 0 Å². The highest BCUT2D eigenvalue weighted by Gasteiger charge is 1.95.